The fourth-order valence-electron chi connectivity index (χ4n) is 7.29. The highest BCUT2D eigenvalue weighted by molar-refractivity contribution is 8.00. The number of hydrogen-bond acceptors (Lipinski definition) is 8. The lowest BCUT2D eigenvalue weighted by molar-refractivity contribution is -0.140. The molecule has 1 aliphatic carbocycles. The Morgan fingerprint density at radius 3 is 2.81 bits per heavy atom. The molecule has 0 radical (unpaired) electrons. The standard InChI is InChI=1S/C27H43N5O4S/c1-16-10-19(20-11-17(12-28)5-6-23(20)35-2)21(13-29-16)25(33)31-27-30-22-7-8-32(14-24(22)37-27)26(34)18-4-3-9-36-15-18/h16-24,27,29-30H,3-11,13-15H2,1-2H3,(H,31,33). The van der Waals surface area contributed by atoms with Crippen LogP contribution in [0.1, 0.15) is 51.9 Å². The zero-order chi connectivity index (χ0) is 25.9. The van der Waals surface area contributed by atoms with Gasteiger partial charge in [0.05, 0.1) is 30.6 Å². The molecule has 0 aromatic rings. The van der Waals surface area contributed by atoms with Gasteiger partial charge in [-0.25, -0.2) is 0 Å². The molecule has 0 aromatic carbocycles. The van der Waals surface area contributed by atoms with Crippen molar-refractivity contribution in [2.45, 2.75) is 80.8 Å². The molecule has 4 heterocycles. The number of thioether (sulfide) groups is 1. The number of nitrogens with zero attached hydrogens (tertiary/aromatic N) is 2. The Bertz CT molecular complexity index is 864. The second-order valence-corrected chi connectivity index (χ2v) is 13.1. The number of nitriles is 1. The number of carbonyl (C=O) groups is 2. The molecule has 10 heteroatoms. The maximum absolute atomic E-state index is 13.7. The number of methoxy groups -OCH3 is 1. The SMILES string of the molecule is COC1CCC(C#N)CC1C1CC(C)NCC1C(=O)NC1NC2CCN(C(=O)C3CCCOC3)CC2S1. The summed E-state index contributed by atoms with van der Waals surface area (Å²) in [5, 5.41) is 20.3. The van der Waals surface area contributed by atoms with Gasteiger partial charge < -0.3 is 25.0 Å². The van der Waals surface area contributed by atoms with Gasteiger partial charge in [0.1, 0.15) is 5.50 Å². The highest BCUT2D eigenvalue weighted by atomic mass is 32.2. The van der Waals surface area contributed by atoms with Crippen LogP contribution < -0.4 is 16.0 Å². The van der Waals surface area contributed by atoms with Crippen LogP contribution in [-0.4, -0.2) is 85.6 Å². The molecule has 4 saturated heterocycles. The summed E-state index contributed by atoms with van der Waals surface area (Å²) in [7, 11) is 1.76. The van der Waals surface area contributed by atoms with Crippen molar-refractivity contribution in [3.63, 3.8) is 0 Å². The molecule has 3 N–H and O–H groups in total. The molecule has 206 valence electrons. The number of piperidine rings is 2. The lowest BCUT2D eigenvalue weighted by Crippen LogP contribution is -2.56. The van der Waals surface area contributed by atoms with Gasteiger partial charge in [-0.3, -0.25) is 14.9 Å². The maximum atomic E-state index is 13.7. The number of hydrogen-bond donors (Lipinski definition) is 3. The van der Waals surface area contributed by atoms with E-state index in [4.69, 9.17) is 9.47 Å². The predicted octanol–water partition coefficient (Wildman–Crippen LogP) is 1.69. The number of nitrogens with one attached hydrogen (secondary N) is 3. The fourth-order valence-corrected chi connectivity index (χ4v) is 8.75. The molecule has 37 heavy (non-hydrogen) atoms. The molecule has 5 rings (SSSR count). The second kappa shape index (κ2) is 12.2. The van der Waals surface area contributed by atoms with E-state index in [-0.39, 0.29) is 58.3 Å². The minimum absolute atomic E-state index is 0.00497. The normalized spacial score (nSPS) is 42.5. The average molecular weight is 534 g/mol. The molecule has 1 saturated carbocycles. The number of ether oxygens (including phenoxy) is 2. The van der Waals surface area contributed by atoms with Crippen molar-refractivity contribution in [2.75, 3.05) is 40.0 Å². The minimum Gasteiger partial charge on any atom is -0.381 e. The van der Waals surface area contributed by atoms with Crippen LogP contribution in [0.3, 0.4) is 0 Å². The molecule has 10 atom stereocenters. The monoisotopic (exact) mass is 533 g/mol. The molecule has 4 aliphatic heterocycles. The van der Waals surface area contributed by atoms with E-state index >= 15 is 0 Å². The van der Waals surface area contributed by atoms with E-state index in [1.807, 2.05) is 4.90 Å². The topological polar surface area (TPSA) is 116 Å². The van der Waals surface area contributed by atoms with Crippen LogP contribution in [0.25, 0.3) is 0 Å². The summed E-state index contributed by atoms with van der Waals surface area (Å²) < 4.78 is 11.4. The van der Waals surface area contributed by atoms with Crippen LogP contribution in [0.2, 0.25) is 0 Å². The van der Waals surface area contributed by atoms with Gasteiger partial charge in [0.25, 0.3) is 0 Å². The summed E-state index contributed by atoms with van der Waals surface area (Å²) in [5.41, 5.74) is -0.146. The molecule has 5 fully saturated rings. The lowest BCUT2D eigenvalue weighted by Gasteiger charge is -2.44. The molecular weight excluding hydrogens is 490 g/mol. The Labute approximate surface area is 225 Å². The lowest BCUT2D eigenvalue weighted by atomic mass is 9.66. The van der Waals surface area contributed by atoms with E-state index in [0.717, 1.165) is 64.6 Å². The molecule has 10 unspecified atom stereocenters. The molecule has 9 nitrogen and oxygen atoms in total. The van der Waals surface area contributed by atoms with Crippen molar-refractivity contribution in [3.8, 4) is 6.07 Å². The first-order valence-electron chi connectivity index (χ1n) is 14.2. The van der Waals surface area contributed by atoms with Gasteiger partial charge in [0.15, 0.2) is 0 Å². The summed E-state index contributed by atoms with van der Waals surface area (Å²) in [4.78, 5) is 28.7. The summed E-state index contributed by atoms with van der Waals surface area (Å²) in [6, 6.07) is 3.11. The number of likely N-dealkylation sites (tertiary alicyclic amines) is 1. The highest BCUT2D eigenvalue weighted by Crippen LogP contribution is 2.42. The third kappa shape index (κ3) is 6.11. The van der Waals surface area contributed by atoms with E-state index in [0.29, 0.717) is 25.2 Å². The zero-order valence-electron chi connectivity index (χ0n) is 22.2. The summed E-state index contributed by atoms with van der Waals surface area (Å²) in [6.45, 7) is 5.62. The van der Waals surface area contributed by atoms with Gasteiger partial charge in [-0.2, -0.15) is 5.26 Å². The summed E-state index contributed by atoms with van der Waals surface area (Å²) >= 11 is 1.74. The van der Waals surface area contributed by atoms with Gasteiger partial charge in [-0.05, 0) is 63.7 Å². The van der Waals surface area contributed by atoms with Gasteiger partial charge in [-0.1, -0.05) is 0 Å². The molecule has 2 amide bonds. The first-order chi connectivity index (χ1) is 18.0. The number of fused-ring (bicyclic) bond motifs is 1. The van der Waals surface area contributed by atoms with Crippen molar-refractivity contribution in [1.82, 2.24) is 20.9 Å². The van der Waals surface area contributed by atoms with Gasteiger partial charge in [0.2, 0.25) is 11.8 Å². The van der Waals surface area contributed by atoms with Crippen molar-refractivity contribution in [1.29, 1.82) is 5.26 Å². The van der Waals surface area contributed by atoms with Crippen LogP contribution in [0.4, 0.5) is 0 Å². The summed E-state index contributed by atoms with van der Waals surface area (Å²) in [5.74, 6) is 0.615. The predicted molar refractivity (Wildman–Crippen MR) is 141 cm³/mol. The van der Waals surface area contributed by atoms with Crippen LogP contribution >= 0.6 is 11.8 Å². The van der Waals surface area contributed by atoms with Crippen molar-refractivity contribution < 1.29 is 19.1 Å². The van der Waals surface area contributed by atoms with Crippen LogP contribution in [0.5, 0.6) is 0 Å². The Morgan fingerprint density at radius 1 is 1.19 bits per heavy atom. The van der Waals surface area contributed by atoms with Gasteiger partial charge in [-0.15, -0.1) is 11.8 Å². The Kier molecular flexibility index (Phi) is 8.97. The quantitative estimate of drug-likeness (QED) is 0.489. The molecule has 0 aromatic heterocycles. The van der Waals surface area contributed by atoms with Gasteiger partial charge >= 0.3 is 0 Å². The third-order valence-corrected chi connectivity index (χ3v) is 10.7. The number of amides is 2. The van der Waals surface area contributed by atoms with Crippen LogP contribution in [-0.2, 0) is 19.1 Å². The summed E-state index contributed by atoms with van der Waals surface area (Å²) in [6.07, 6.45) is 6.38. The Hall–Kier alpha value is -1.38. The van der Waals surface area contributed by atoms with Crippen molar-refractivity contribution >= 4 is 23.6 Å². The molecule has 0 spiro atoms. The van der Waals surface area contributed by atoms with E-state index in [2.05, 4.69) is 28.9 Å². The van der Waals surface area contributed by atoms with Crippen LogP contribution in [0.15, 0.2) is 0 Å². The van der Waals surface area contributed by atoms with E-state index in [1.165, 1.54) is 0 Å². The second-order valence-electron chi connectivity index (χ2n) is 11.7. The Balaban J connectivity index is 1.19. The zero-order valence-corrected chi connectivity index (χ0v) is 23.0. The Morgan fingerprint density at radius 2 is 2.05 bits per heavy atom. The number of carbonyl (C=O) groups excluding carboxylic acids is 2. The number of rotatable bonds is 5. The van der Waals surface area contributed by atoms with Gasteiger partial charge in [0, 0.05) is 56.6 Å². The van der Waals surface area contributed by atoms with Crippen LogP contribution in [0, 0.1) is 40.9 Å². The van der Waals surface area contributed by atoms with Crippen molar-refractivity contribution in [3.05, 3.63) is 0 Å². The third-order valence-electron chi connectivity index (χ3n) is 9.36. The van der Waals surface area contributed by atoms with Crippen molar-refractivity contribution in [2.24, 2.45) is 29.6 Å². The van der Waals surface area contributed by atoms with E-state index < -0.39 is 0 Å². The average Bonchev–Trinajstić information content (AvgIpc) is 3.34. The molecule has 0 bridgehead atoms. The smallest absolute Gasteiger partial charge is 0.228 e. The first kappa shape index (κ1) is 27.2. The fraction of sp³-hybridized carbons (Fsp3) is 0.889. The molecule has 5 aliphatic rings. The maximum Gasteiger partial charge on any atom is 0.228 e. The first-order valence-corrected chi connectivity index (χ1v) is 15.1. The van der Waals surface area contributed by atoms with E-state index in [9.17, 15) is 14.9 Å². The highest BCUT2D eigenvalue weighted by Gasteiger charge is 2.46. The minimum atomic E-state index is -0.148. The largest absolute Gasteiger partial charge is 0.381 e. The molecular formula is C27H43N5O4S. The van der Waals surface area contributed by atoms with E-state index in [1.54, 1.807) is 18.9 Å².